The van der Waals surface area contributed by atoms with Crippen molar-refractivity contribution in [2.24, 2.45) is 11.7 Å². The van der Waals surface area contributed by atoms with E-state index in [1.807, 2.05) is 0 Å². The average Bonchev–Trinajstić information content (AvgIpc) is 2.60. The maximum absolute atomic E-state index is 11.7. The van der Waals surface area contributed by atoms with E-state index in [-0.39, 0.29) is 17.7 Å². The molecule has 19 heavy (non-hydrogen) atoms. The maximum Gasteiger partial charge on any atom is 0.223 e. The van der Waals surface area contributed by atoms with Crippen molar-refractivity contribution in [1.82, 2.24) is 9.80 Å². The van der Waals surface area contributed by atoms with Gasteiger partial charge in [0.15, 0.2) is 0 Å². The number of carbonyl (C=O) groups excluding carboxylic acids is 2. The summed E-state index contributed by atoms with van der Waals surface area (Å²) in [5.41, 5.74) is 5.26. The summed E-state index contributed by atoms with van der Waals surface area (Å²) in [7, 11) is 0. The van der Waals surface area contributed by atoms with Crippen molar-refractivity contribution in [3.8, 4) is 0 Å². The molecule has 2 saturated heterocycles. The summed E-state index contributed by atoms with van der Waals surface area (Å²) >= 11 is 0. The number of nitrogens with zero attached hydrogens (tertiary/aromatic N) is 2. The smallest absolute Gasteiger partial charge is 0.223 e. The van der Waals surface area contributed by atoms with Crippen molar-refractivity contribution < 1.29 is 9.59 Å². The Labute approximate surface area is 115 Å². The zero-order chi connectivity index (χ0) is 13.7. The third-order valence-electron chi connectivity index (χ3n) is 4.22. The van der Waals surface area contributed by atoms with Crippen LogP contribution in [0.15, 0.2) is 0 Å². The van der Waals surface area contributed by atoms with E-state index >= 15 is 0 Å². The highest BCUT2D eigenvalue weighted by Crippen LogP contribution is 2.17. The largest absolute Gasteiger partial charge is 0.369 e. The second-order valence-corrected chi connectivity index (χ2v) is 5.75. The summed E-state index contributed by atoms with van der Waals surface area (Å²) < 4.78 is 0. The first kappa shape index (κ1) is 14.3. The molecule has 0 aliphatic carbocycles. The van der Waals surface area contributed by atoms with Crippen LogP contribution < -0.4 is 5.73 Å². The molecule has 0 bridgehead atoms. The Bertz CT molecular complexity index is 325. The van der Waals surface area contributed by atoms with Crippen LogP contribution in [0.3, 0.4) is 0 Å². The number of hydrogen-bond acceptors (Lipinski definition) is 3. The number of carbonyl (C=O) groups is 2. The molecule has 0 spiro atoms. The lowest BCUT2D eigenvalue weighted by atomic mass is 10.1. The van der Waals surface area contributed by atoms with E-state index in [9.17, 15) is 9.59 Å². The fourth-order valence-electron chi connectivity index (χ4n) is 3.02. The fourth-order valence-corrected chi connectivity index (χ4v) is 3.02. The minimum Gasteiger partial charge on any atom is -0.369 e. The van der Waals surface area contributed by atoms with Gasteiger partial charge in [-0.15, -0.1) is 0 Å². The minimum absolute atomic E-state index is 0.0830. The van der Waals surface area contributed by atoms with Crippen LogP contribution in [-0.2, 0) is 9.59 Å². The standard InChI is InChI=1S/C14H25N3O2/c15-14(19)12-10-13(18)17(11-12)9-5-8-16-6-3-1-2-4-7-16/h12H,1-11H2,(H2,15,19). The summed E-state index contributed by atoms with van der Waals surface area (Å²) in [6, 6.07) is 0. The quantitative estimate of drug-likeness (QED) is 0.792. The first-order valence-corrected chi connectivity index (χ1v) is 7.46. The van der Waals surface area contributed by atoms with E-state index in [1.165, 1.54) is 38.8 Å². The van der Waals surface area contributed by atoms with E-state index < -0.39 is 0 Å². The van der Waals surface area contributed by atoms with Gasteiger partial charge in [-0.3, -0.25) is 9.59 Å². The molecule has 2 aliphatic heterocycles. The molecule has 2 amide bonds. The van der Waals surface area contributed by atoms with Gasteiger partial charge < -0.3 is 15.5 Å². The van der Waals surface area contributed by atoms with Gasteiger partial charge in [0.25, 0.3) is 0 Å². The number of primary amides is 1. The molecule has 1 atom stereocenters. The molecule has 2 aliphatic rings. The molecular formula is C14H25N3O2. The van der Waals surface area contributed by atoms with Crippen molar-refractivity contribution in [1.29, 1.82) is 0 Å². The molecule has 2 rings (SSSR count). The Morgan fingerprint density at radius 1 is 1.16 bits per heavy atom. The van der Waals surface area contributed by atoms with E-state index in [0.717, 1.165) is 19.5 Å². The molecular weight excluding hydrogens is 242 g/mol. The lowest BCUT2D eigenvalue weighted by Crippen LogP contribution is -2.32. The molecule has 0 aromatic carbocycles. The maximum atomic E-state index is 11.7. The van der Waals surface area contributed by atoms with Crippen LogP contribution in [0.5, 0.6) is 0 Å². The second kappa shape index (κ2) is 6.89. The Morgan fingerprint density at radius 2 is 1.84 bits per heavy atom. The molecule has 0 aromatic heterocycles. The van der Waals surface area contributed by atoms with Crippen molar-refractivity contribution in [2.45, 2.75) is 38.5 Å². The third-order valence-corrected chi connectivity index (χ3v) is 4.22. The normalized spacial score (nSPS) is 25.6. The number of likely N-dealkylation sites (tertiary alicyclic amines) is 2. The van der Waals surface area contributed by atoms with Gasteiger partial charge in [0, 0.05) is 19.5 Å². The van der Waals surface area contributed by atoms with Gasteiger partial charge in [-0.05, 0) is 38.9 Å². The summed E-state index contributed by atoms with van der Waals surface area (Å²) in [6.07, 6.45) is 6.60. The SMILES string of the molecule is NC(=O)C1CC(=O)N(CCCN2CCCCCC2)C1. The Balaban J connectivity index is 1.68. The zero-order valence-electron chi connectivity index (χ0n) is 11.6. The van der Waals surface area contributed by atoms with Crippen LogP contribution in [-0.4, -0.2) is 54.3 Å². The molecule has 108 valence electrons. The van der Waals surface area contributed by atoms with Crippen LogP contribution in [0.25, 0.3) is 0 Å². The van der Waals surface area contributed by atoms with Crippen molar-refractivity contribution in [2.75, 3.05) is 32.7 Å². The van der Waals surface area contributed by atoms with Crippen LogP contribution >= 0.6 is 0 Å². The van der Waals surface area contributed by atoms with E-state index in [0.29, 0.717) is 13.0 Å². The van der Waals surface area contributed by atoms with Gasteiger partial charge >= 0.3 is 0 Å². The Morgan fingerprint density at radius 3 is 2.42 bits per heavy atom. The topological polar surface area (TPSA) is 66.6 Å². The summed E-state index contributed by atoms with van der Waals surface area (Å²) in [5.74, 6) is -0.534. The average molecular weight is 267 g/mol. The Kier molecular flexibility index (Phi) is 5.19. The van der Waals surface area contributed by atoms with Crippen molar-refractivity contribution >= 4 is 11.8 Å². The van der Waals surface area contributed by atoms with Crippen molar-refractivity contribution in [3.63, 3.8) is 0 Å². The molecule has 2 heterocycles. The van der Waals surface area contributed by atoms with Crippen molar-refractivity contribution in [3.05, 3.63) is 0 Å². The highest BCUT2D eigenvalue weighted by molar-refractivity contribution is 5.88. The number of amides is 2. The van der Waals surface area contributed by atoms with Crippen LogP contribution in [0, 0.1) is 5.92 Å². The lowest BCUT2D eigenvalue weighted by Gasteiger charge is -2.22. The first-order valence-electron chi connectivity index (χ1n) is 7.46. The molecule has 2 N–H and O–H groups in total. The van der Waals surface area contributed by atoms with Gasteiger partial charge in [-0.25, -0.2) is 0 Å². The van der Waals surface area contributed by atoms with Gasteiger partial charge in [0.2, 0.25) is 11.8 Å². The van der Waals surface area contributed by atoms with Gasteiger partial charge in [-0.2, -0.15) is 0 Å². The predicted octanol–water partition coefficient (Wildman–Crippen LogP) is 0.586. The molecule has 1 unspecified atom stereocenters. The summed E-state index contributed by atoms with van der Waals surface area (Å²) in [6.45, 7) is 4.73. The van der Waals surface area contributed by atoms with Gasteiger partial charge in [-0.1, -0.05) is 12.8 Å². The van der Waals surface area contributed by atoms with E-state index in [1.54, 1.807) is 4.90 Å². The zero-order valence-corrected chi connectivity index (χ0v) is 11.6. The monoisotopic (exact) mass is 267 g/mol. The molecule has 5 heteroatoms. The molecule has 0 aromatic rings. The number of hydrogen-bond donors (Lipinski definition) is 1. The van der Waals surface area contributed by atoms with Crippen LogP contribution in [0.4, 0.5) is 0 Å². The van der Waals surface area contributed by atoms with Crippen LogP contribution in [0.2, 0.25) is 0 Å². The predicted molar refractivity (Wildman–Crippen MR) is 73.4 cm³/mol. The number of rotatable bonds is 5. The summed E-state index contributed by atoms with van der Waals surface area (Å²) in [5, 5.41) is 0. The Hall–Kier alpha value is -1.10. The van der Waals surface area contributed by atoms with E-state index in [4.69, 9.17) is 5.73 Å². The van der Waals surface area contributed by atoms with E-state index in [2.05, 4.69) is 4.90 Å². The highest BCUT2D eigenvalue weighted by atomic mass is 16.2. The molecule has 0 saturated carbocycles. The second-order valence-electron chi connectivity index (χ2n) is 5.75. The lowest BCUT2D eigenvalue weighted by molar-refractivity contribution is -0.128. The van der Waals surface area contributed by atoms with Gasteiger partial charge in [0.05, 0.1) is 5.92 Å². The fraction of sp³-hybridized carbons (Fsp3) is 0.857. The molecule has 0 radical (unpaired) electrons. The summed E-state index contributed by atoms with van der Waals surface area (Å²) in [4.78, 5) is 27.1. The molecule has 5 nitrogen and oxygen atoms in total. The van der Waals surface area contributed by atoms with Crippen LogP contribution in [0.1, 0.15) is 38.5 Å². The minimum atomic E-state index is -0.344. The highest BCUT2D eigenvalue weighted by Gasteiger charge is 2.32. The molecule has 2 fully saturated rings. The first-order chi connectivity index (χ1) is 9.16. The van der Waals surface area contributed by atoms with Gasteiger partial charge in [0.1, 0.15) is 0 Å². The number of nitrogens with two attached hydrogens (primary N) is 1. The third kappa shape index (κ3) is 4.20.